The van der Waals surface area contributed by atoms with Crippen molar-refractivity contribution >= 4 is 16.8 Å². The number of H-pyrrole nitrogens is 1. The number of Topliss-reactive ketones (excluding diaryl/α,β-unsaturated/α-hetero) is 1. The molecule has 1 fully saturated rings. The first-order chi connectivity index (χ1) is 17.0. The average Bonchev–Trinajstić information content (AvgIpc) is 3.31. The Kier molecular flexibility index (Phi) is 8.94. The van der Waals surface area contributed by atoms with Gasteiger partial charge in [0.1, 0.15) is 23.6 Å². The molecule has 35 heavy (non-hydrogen) atoms. The van der Waals surface area contributed by atoms with Crippen LogP contribution in [0.25, 0.3) is 11.0 Å². The predicted molar refractivity (Wildman–Crippen MR) is 130 cm³/mol. The van der Waals surface area contributed by atoms with Crippen LogP contribution in [0.3, 0.4) is 0 Å². The number of halogens is 3. The molecule has 0 spiro atoms. The van der Waals surface area contributed by atoms with E-state index in [1.807, 2.05) is 6.20 Å². The standard InChI is InChI=1S/C28H34F3N3O/c29-24-13-14-25(30)27(31)22(24)12-4-11-21(35)10-3-7-19-5-1-8-20(9-2-6-19)17-26-23-15-16-32-28(23)34-18-33-26/h13-16,18-20H,1-12,17H2,(H,32,33,34). The Morgan fingerprint density at radius 3 is 2.43 bits per heavy atom. The largest absolute Gasteiger partial charge is 0.346 e. The van der Waals surface area contributed by atoms with Crippen LogP contribution in [0.5, 0.6) is 0 Å². The molecule has 7 heteroatoms. The number of hydrogen-bond acceptors (Lipinski definition) is 3. The molecule has 0 bridgehead atoms. The quantitative estimate of drug-likeness (QED) is 0.307. The van der Waals surface area contributed by atoms with Crippen molar-refractivity contribution in [1.29, 1.82) is 0 Å². The van der Waals surface area contributed by atoms with Gasteiger partial charge in [-0.1, -0.05) is 44.9 Å². The predicted octanol–water partition coefficient (Wildman–Crippen LogP) is 7.27. The normalized spacial score (nSPS) is 18.9. The number of fused-ring (bicyclic) bond motifs is 1. The van der Waals surface area contributed by atoms with E-state index >= 15 is 0 Å². The number of aromatic nitrogens is 3. The van der Waals surface area contributed by atoms with Crippen LogP contribution < -0.4 is 0 Å². The number of nitrogens with one attached hydrogen (secondary N) is 1. The Morgan fingerprint density at radius 1 is 0.914 bits per heavy atom. The number of rotatable bonds is 10. The maximum atomic E-state index is 13.7. The highest BCUT2D eigenvalue weighted by atomic mass is 19.2. The van der Waals surface area contributed by atoms with Gasteiger partial charge in [-0.05, 0) is 55.7 Å². The number of aromatic amines is 1. The van der Waals surface area contributed by atoms with Crippen LogP contribution in [-0.4, -0.2) is 20.7 Å². The minimum Gasteiger partial charge on any atom is -0.346 e. The molecular formula is C28H34F3N3O. The van der Waals surface area contributed by atoms with Gasteiger partial charge in [-0.2, -0.15) is 0 Å². The van der Waals surface area contributed by atoms with Crippen LogP contribution in [0.2, 0.25) is 0 Å². The van der Waals surface area contributed by atoms with Gasteiger partial charge < -0.3 is 4.98 Å². The van der Waals surface area contributed by atoms with Crippen molar-refractivity contribution in [3.63, 3.8) is 0 Å². The summed E-state index contributed by atoms with van der Waals surface area (Å²) in [4.78, 5) is 24.2. The summed E-state index contributed by atoms with van der Waals surface area (Å²) in [5.41, 5.74) is 1.78. The second kappa shape index (κ2) is 12.3. The fourth-order valence-electron chi connectivity index (χ4n) is 5.51. The third kappa shape index (κ3) is 6.92. The van der Waals surface area contributed by atoms with Crippen LogP contribution >= 0.6 is 0 Å². The van der Waals surface area contributed by atoms with Crippen LogP contribution in [0.15, 0.2) is 30.7 Å². The highest BCUT2D eigenvalue weighted by molar-refractivity contribution is 5.78. The van der Waals surface area contributed by atoms with Crippen molar-refractivity contribution in [3.8, 4) is 0 Å². The number of benzene rings is 1. The van der Waals surface area contributed by atoms with Crippen molar-refractivity contribution in [3.05, 3.63) is 59.4 Å². The fraction of sp³-hybridized carbons (Fsp3) is 0.536. The van der Waals surface area contributed by atoms with E-state index in [0.717, 1.165) is 48.1 Å². The van der Waals surface area contributed by atoms with Crippen molar-refractivity contribution < 1.29 is 18.0 Å². The summed E-state index contributed by atoms with van der Waals surface area (Å²) in [7, 11) is 0. The zero-order valence-corrected chi connectivity index (χ0v) is 20.2. The maximum Gasteiger partial charge on any atom is 0.164 e. The molecule has 0 unspecified atom stereocenters. The first-order valence-electron chi connectivity index (χ1n) is 12.9. The number of carbonyl (C=O) groups is 1. The molecule has 0 amide bonds. The Hall–Kier alpha value is -2.70. The van der Waals surface area contributed by atoms with Crippen LogP contribution in [0.1, 0.15) is 81.9 Å². The number of carbonyl (C=O) groups excluding carboxylic acids is 1. The van der Waals surface area contributed by atoms with E-state index in [-0.39, 0.29) is 24.2 Å². The summed E-state index contributed by atoms with van der Waals surface area (Å²) in [5, 5.41) is 1.13. The fourth-order valence-corrected chi connectivity index (χ4v) is 5.51. The van der Waals surface area contributed by atoms with E-state index in [2.05, 4.69) is 21.0 Å². The molecule has 4 rings (SSSR count). The van der Waals surface area contributed by atoms with E-state index in [0.29, 0.717) is 24.7 Å². The van der Waals surface area contributed by atoms with E-state index in [9.17, 15) is 18.0 Å². The van der Waals surface area contributed by atoms with Crippen LogP contribution in [-0.2, 0) is 17.6 Å². The zero-order valence-electron chi connectivity index (χ0n) is 20.2. The second-order valence-electron chi connectivity index (χ2n) is 9.96. The zero-order chi connectivity index (χ0) is 24.6. The Labute approximate surface area is 204 Å². The number of nitrogens with zero attached hydrogens (tertiary/aromatic N) is 2. The molecule has 0 saturated heterocycles. The van der Waals surface area contributed by atoms with Gasteiger partial charge in [0.05, 0.1) is 5.69 Å². The Morgan fingerprint density at radius 2 is 1.63 bits per heavy atom. The van der Waals surface area contributed by atoms with Crippen molar-refractivity contribution in [1.82, 2.24) is 15.0 Å². The number of hydrogen-bond donors (Lipinski definition) is 1. The average molecular weight is 486 g/mol. The van der Waals surface area contributed by atoms with E-state index < -0.39 is 17.5 Å². The van der Waals surface area contributed by atoms with Gasteiger partial charge in [0, 0.05) is 30.0 Å². The monoisotopic (exact) mass is 485 g/mol. The summed E-state index contributed by atoms with van der Waals surface area (Å²) in [5.74, 6) is -1.51. The minimum absolute atomic E-state index is 0.0373. The molecule has 3 aromatic rings. The van der Waals surface area contributed by atoms with Crippen molar-refractivity contribution in [2.45, 2.75) is 83.5 Å². The molecule has 0 atom stereocenters. The highest BCUT2D eigenvalue weighted by Gasteiger charge is 2.19. The molecule has 1 aliphatic carbocycles. The van der Waals surface area contributed by atoms with Crippen molar-refractivity contribution in [2.75, 3.05) is 0 Å². The van der Waals surface area contributed by atoms with E-state index in [1.165, 1.54) is 38.5 Å². The third-order valence-corrected chi connectivity index (χ3v) is 7.46. The molecule has 0 aliphatic heterocycles. The Balaban J connectivity index is 1.13. The van der Waals surface area contributed by atoms with Gasteiger partial charge >= 0.3 is 0 Å². The van der Waals surface area contributed by atoms with Gasteiger partial charge in [-0.25, -0.2) is 23.1 Å². The van der Waals surface area contributed by atoms with Crippen LogP contribution in [0, 0.1) is 29.3 Å². The highest BCUT2D eigenvalue weighted by Crippen LogP contribution is 2.31. The molecule has 4 nitrogen and oxygen atoms in total. The number of ketones is 1. The van der Waals surface area contributed by atoms with Crippen molar-refractivity contribution in [2.24, 2.45) is 11.8 Å². The van der Waals surface area contributed by atoms with E-state index in [1.54, 1.807) is 6.33 Å². The third-order valence-electron chi connectivity index (χ3n) is 7.46. The van der Waals surface area contributed by atoms with E-state index in [4.69, 9.17) is 0 Å². The lowest BCUT2D eigenvalue weighted by Gasteiger charge is -2.24. The van der Waals surface area contributed by atoms with Gasteiger partial charge in [-0.3, -0.25) is 4.79 Å². The SMILES string of the molecule is O=C(CCCc1c(F)ccc(F)c1F)CCCC1CCCC(Cc2ncnc3[nH]ccc23)CCC1. The molecular weight excluding hydrogens is 451 g/mol. The molecule has 1 aliphatic rings. The van der Waals surface area contributed by atoms with Gasteiger partial charge in [0.2, 0.25) is 0 Å². The molecule has 188 valence electrons. The van der Waals surface area contributed by atoms with Gasteiger partial charge in [0.15, 0.2) is 11.6 Å². The lowest BCUT2D eigenvalue weighted by atomic mass is 9.81. The Bertz CT molecular complexity index is 1120. The van der Waals surface area contributed by atoms with Gasteiger partial charge in [0.25, 0.3) is 0 Å². The first kappa shape index (κ1) is 25.4. The molecule has 2 heterocycles. The molecule has 0 radical (unpaired) electrons. The molecule has 1 saturated carbocycles. The van der Waals surface area contributed by atoms with Crippen LogP contribution in [0.4, 0.5) is 13.2 Å². The lowest BCUT2D eigenvalue weighted by Crippen LogP contribution is -2.13. The molecule has 1 aromatic carbocycles. The molecule has 2 aromatic heterocycles. The molecule has 1 N–H and O–H groups in total. The van der Waals surface area contributed by atoms with Gasteiger partial charge in [-0.15, -0.1) is 0 Å². The summed E-state index contributed by atoms with van der Waals surface area (Å²) >= 11 is 0. The summed E-state index contributed by atoms with van der Waals surface area (Å²) in [6, 6.07) is 3.78. The minimum atomic E-state index is -1.14. The maximum absolute atomic E-state index is 13.7. The first-order valence-corrected chi connectivity index (χ1v) is 12.9. The topological polar surface area (TPSA) is 58.6 Å². The second-order valence-corrected chi connectivity index (χ2v) is 9.96. The summed E-state index contributed by atoms with van der Waals surface area (Å²) in [6.07, 6.45) is 14.9. The smallest absolute Gasteiger partial charge is 0.164 e. The summed E-state index contributed by atoms with van der Waals surface area (Å²) < 4.78 is 40.7. The lowest BCUT2D eigenvalue weighted by molar-refractivity contribution is -0.119. The summed E-state index contributed by atoms with van der Waals surface area (Å²) in [6.45, 7) is 0.